The number of allylic oxidation sites excluding steroid dienone is 2. The van der Waals surface area contributed by atoms with Crippen LogP contribution in [0.2, 0.25) is 0 Å². The minimum absolute atomic E-state index is 0.0567. The fourth-order valence-electron chi connectivity index (χ4n) is 5.02. The highest BCUT2D eigenvalue weighted by Crippen LogP contribution is 2.49. The van der Waals surface area contributed by atoms with Crippen molar-refractivity contribution in [1.82, 2.24) is 5.32 Å². The van der Waals surface area contributed by atoms with Crippen LogP contribution in [0.5, 0.6) is 5.75 Å². The largest absolute Gasteiger partial charge is 0.496 e. The standard InChI is InChI=1S/C22H27NO/c1-13-11-15-7-6-8-18(24-5)21(15)16-9-10-17-20(19(13)16)14(2)12-22(3,4)23-17/h6-10,12-13,17,20,23H,11H2,1-5H3. The molecule has 3 aliphatic rings. The van der Waals surface area contributed by atoms with Gasteiger partial charge in [-0.2, -0.15) is 0 Å². The van der Waals surface area contributed by atoms with Crippen LogP contribution >= 0.6 is 0 Å². The molecule has 126 valence electrons. The monoisotopic (exact) mass is 321 g/mol. The van der Waals surface area contributed by atoms with Crippen molar-refractivity contribution in [3.63, 3.8) is 0 Å². The van der Waals surface area contributed by atoms with E-state index in [1.165, 1.54) is 22.3 Å². The van der Waals surface area contributed by atoms with E-state index in [1.54, 1.807) is 12.7 Å². The Hall–Kier alpha value is -1.80. The zero-order valence-electron chi connectivity index (χ0n) is 15.3. The molecule has 3 atom stereocenters. The molecule has 1 aromatic rings. The van der Waals surface area contributed by atoms with Crippen LogP contribution in [0, 0.1) is 11.8 Å². The molecule has 0 fully saturated rings. The molecule has 0 aromatic heterocycles. The molecule has 0 saturated heterocycles. The average Bonchev–Trinajstić information content (AvgIpc) is 2.52. The highest BCUT2D eigenvalue weighted by Gasteiger charge is 2.40. The molecular formula is C22H27NO. The number of methoxy groups -OCH3 is 1. The zero-order valence-corrected chi connectivity index (χ0v) is 15.3. The highest BCUT2D eigenvalue weighted by molar-refractivity contribution is 5.86. The predicted molar refractivity (Wildman–Crippen MR) is 100 cm³/mol. The van der Waals surface area contributed by atoms with E-state index < -0.39 is 0 Å². The van der Waals surface area contributed by atoms with Crippen molar-refractivity contribution in [2.24, 2.45) is 11.8 Å². The van der Waals surface area contributed by atoms with Gasteiger partial charge in [0.25, 0.3) is 0 Å². The molecule has 1 aliphatic heterocycles. The van der Waals surface area contributed by atoms with Gasteiger partial charge < -0.3 is 10.1 Å². The second-order valence-corrected chi connectivity index (χ2v) is 8.09. The average molecular weight is 321 g/mol. The normalized spacial score (nSPS) is 30.2. The Kier molecular flexibility index (Phi) is 3.50. The summed E-state index contributed by atoms with van der Waals surface area (Å²) in [4.78, 5) is 0. The first-order valence-electron chi connectivity index (χ1n) is 8.97. The number of nitrogens with one attached hydrogen (secondary N) is 1. The number of benzene rings is 1. The smallest absolute Gasteiger partial charge is 0.126 e. The lowest BCUT2D eigenvalue weighted by Gasteiger charge is -2.45. The van der Waals surface area contributed by atoms with E-state index in [4.69, 9.17) is 4.74 Å². The van der Waals surface area contributed by atoms with Gasteiger partial charge in [-0.1, -0.05) is 48.4 Å². The van der Waals surface area contributed by atoms with Gasteiger partial charge in [0.1, 0.15) is 5.75 Å². The zero-order chi connectivity index (χ0) is 17.1. The summed E-state index contributed by atoms with van der Waals surface area (Å²) in [6.45, 7) is 9.19. The molecule has 0 bridgehead atoms. The Morgan fingerprint density at radius 2 is 2.04 bits per heavy atom. The lowest BCUT2D eigenvalue weighted by molar-refractivity contribution is 0.344. The van der Waals surface area contributed by atoms with Gasteiger partial charge in [0.05, 0.1) is 7.11 Å². The van der Waals surface area contributed by atoms with Crippen molar-refractivity contribution in [3.05, 3.63) is 58.7 Å². The first kappa shape index (κ1) is 15.7. The van der Waals surface area contributed by atoms with Crippen LogP contribution in [-0.2, 0) is 6.42 Å². The van der Waals surface area contributed by atoms with Crippen molar-refractivity contribution in [3.8, 4) is 5.75 Å². The quantitative estimate of drug-likeness (QED) is 0.768. The molecule has 1 aromatic carbocycles. The van der Waals surface area contributed by atoms with Crippen LogP contribution in [0.15, 0.2) is 47.6 Å². The van der Waals surface area contributed by atoms with Gasteiger partial charge >= 0.3 is 0 Å². The number of hydrogen-bond donors (Lipinski definition) is 1. The van der Waals surface area contributed by atoms with Gasteiger partial charge in [-0.15, -0.1) is 0 Å². The molecule has 0 saturated carbocycles. The number of ether oxygens (including phenoxy) is 1. The van der Waals surface area contributed by atoms with E-state index in [2.05, 4.69) is 69.4 Å². The Bertz CT molecular complexity index is 781. The van der Waals surface area contributed by atoms with Gasteiger partial charge in [0.2, 0.25) is 0 Å². The van der Waals surface area contributed by atoms with Gasteiger partial charge in [-0.25, -0.2) is 0 Å². The summed E-state index contributed by atoms with van der Waals surface area (Å²) < 4.78 is 5.69. The van der Waals surface area contributed by atoms with Crippen molar-refractivity contribution >= 4 is 5.57 Å². The van der Waals surface area contributed by atoms with Gasteiger partial charge in [0, 0.05) is 23.1 Å². The van der Waals surface area contributed by atoms with E-state index in [-0.39, 0.29) is 5.54 Å². The van der Waals surface area contributed by atoms with E-state index in [0.717, 1.165) is 12.2 Å². The molecule has 3 unspecified atom stereocenters. The van der Waals surface area contributed by atoms with Crippen molar-refractivity contribution < 1.29 is 4.74 Å². The lowest BCUT2D eigenvalue weighted by Crippen LogP contribution is -2.53. The van der Waals surface area contributed by atoms with E-state index in [0.29, 0.717) is 17.9 Å². The topological polar surface area (TPSA) is 21.3 Å². The van der Waals surface area contributed by atoms with Crippen molar-refractivity contribution in [2.45, 2.75) is 45.7 Å². The molecule has 0 radical (unpaired) electrons. The molecule has 1 N–H and O–H groups in total. The van der Waals surface area contributed by atoms with Gasteiger partial charge in [0.15, 0.2) is 0 Å². The summed E-state index contributed by atoms with van der Waals surface area (Å²) in [5.41, 5.74) is 7.23. The van der Waals surface area contributed by atoms with Crippen LogP contribution in [0.25, 0.3) is 5.57 Å². The molecule has 2 nitrogen and oxygen atoms in total. The van der Waals surface area contributed by atoms with Gasteiger partial charge in [-0.05, 0) is 50.3 Å². The van der Waals surface area contributed by atoms with Crippen LogP contribution in [0.4, 0.5) is 0 Å². The van der Waals surface area contributed by atoms with Crippen molar-refractivity contribution in [1.29, 1.82) is 0 Å². The van der Waals surface area contributed by atoms with Crippen LogP contribution in [0.1, 0.15) is 38.8 Å². The van der Waals surface area contributed by atoms with E-state index in [1.807, 2.05) is 0 Å². The van der Waals surface area contributed by atoms with Crippen LogP contribution in [-0.4, -0.2) is 18.7 Å². The summed E-state index contributed by atoms with van der Waals surface area (Å²) in [5.74, 6) is 2.02. The minimum atomic E-state index is 0.0567. The summed E-state index contributed by atoms with van der Waals surface area (Å²) in [6.07, 6.45) is 8.19. The van der Waals surface area contributed by atoms with E-state index >= 15 is 0 Å². The molecule has 0 amide bonds. The van der Waals surface area contributed by atoms with E-state index in [9.17, 15) is 0 Å². The summed E-state index contributed by atoms with van der Waals surface area (Å²) in [6, 6.07) is 6.84. The summed E-state index contributed by atoms with van der Waals surface area (Å²) in [5, 5.41) is 3.80. The van der Waals surface area contributed by atoms with Crippen LogP contribution in [0.3, 0.4) is 0 Å². The highest BCUT2D eigenvalue weighted by atomic mass is 16.5. The van der Waals surface area contributed by atoms with Gasteiger partial charge in [-0.3, -0.25) is 0 Å². The van der Waals surface area contributed by atoms with Crippen LogP contribution < -0.4 is 10.1 Å². The molecule has 0 spiro atoms. The molecule has 4 rings (SSSR count). The Morgan fingerprint density at radius 1 is 1.25 bits per heavy atom. The predicted octanol–water partition coefficient (Wildman–Crippen LogP) is 4.52. The lowest BCUT2D eigenvalue weighted by atomic mass is 9.66. The Labute approximate surface area is 145 Å². The second kappa shape index (κ2) is 5.35. The molecule has 24 heavy (non-hydrogen) atoms. The summed E-state index contributed by atoms with van der Waals surface area (Å²) >= 11 is 0. The maximum absolute atomic E-state index is 5.69. The minimum Gasteiger partial charge on any atom is -0.496 e. The third-order valence-corrected chi connectivity index (χ3v) is 5.75. The number of fused-ring (bicyclic) bond motifs is 4. The fourth-order valence-corrected chi connectivity index (χ4v) is 5.02. The second-order valence-electron chi connectivity index (χ2n) is 8.09. The third-order valence-electron chi connectivity index (χ3n) is 5.75. The maximum Gasteiger partial charge on any atom is 0.126 e. The maximum atomic E-state index is 5.69. The Balaban J connectivity index is 1.92. The number of hydrogen-bond acceptors (Lipinski definition) is 2. The fraction of sp³-hybridized carbons (Fsp3) is 0.455. The molecule has 2 heteroatoms. The number of rotatable bonds is 1. The first-order valence-corrected chi connectivity index (χ1v) is 8.97. The molecule has 2 aliphatic carbocycles. The summed E-state index contributed by atoms with van der Waals surface area (Å²) in [7, 11) is 1.78. The van der Waals surface area contributed by atoms with Crippen molar-refractivity contribution in [2.75, 3.05) is 7.11 Å². The SMILES string of the molecule is COc1cccc2c1C1=C(C(C)C2)C2C(C)=CC(C)(C)NC2C=C1. The molecule has 1 heterocycles. The third kappa shape index (κ3) is 2.28. The first-order chi connectivity index (χ1) is 11.4. The Morgan fingerprint density at radius 3 is 2.79 bits per heavy atom. The molecular weight excluding hydrogens is 294 g/mol.